The van der Waals surface area contributed by atoms with Crippen molar-refractivity contribution in [1.29, 1.82) is 0 Å². The Balaban J connectivity index is 2.04. The highest BCUT2D eigenvalue weighted by molar-refractivity contribution is 9.10. The molecule has 0 unspecified atom stereocenters. The Morgan fingerprint density at radius 3 is 2.22 bits per heavy atom. The number of hydrogen-bond acceptors (Lipinski definition) is 6. The van der Waals surface area contributed by atoms with Crippen LogP contribution in [0.1, 0.15) is 32.8 Å². The maximum absolute atomic E-state index is 14.0. The number of ether oxygens (including phenoxy) is 2. The van der Waals surface area contributed by atoms with Crippen LogP contribution < -0.4 is 19.1 Å². The molecule has 11 heteroatoms. The Labute approximate surface area is 250 Å². The minimum atomic E-state index is -4.25. The van der Waals surface area contributed by atoms with Crippen molar-refractivity contribution in [2.45, 2.75) is 50.7 Å². The number of benzene rings is 3. The Bertz CT molecular complexity index is 1450. The molecule has 0 aliphatic heterocycles. The van der Waals surface area contributed by atoms with E-state index in [1.54, 1.807) is 37.3 Å². The van der Waals surface area contributed by atoms with Crippen LogP contribution in [0.25, 0.3) is 0 Å². The van der Waals surface area contributed by atoms with Gasteiger partial charge in [-0.25, -0.2) is 8.42 Å². The maximum Gasteiger partial charge on any atom is 0.264 e. The van der Waals surface area contributed by atoms with Gasteiger partial charge in [-0.15, -0.1) is 0 Å². The highest BCUT2D eigenvalue weighted by atomic mass is 79.9. The second-order valence-corrected chi connectivity index (χ2v) is 12.3. The van der Waals surface area contributed by atoms with E-state index in [-0.39, 0.29) is 29.1 Å². The normalized spacial score (nSPS) is 12.6. The summed E-state index contributed by atoms with van der Waals surface area (Å²) in [7, 11) is -1.37. The van der Waals surface area contributed by atoms with Crippen LogP contribution in [-0.4, -0.2) is 58.0 Å². The van der Waals surface area contributed by atoms with Crippen molar-refractivity contribution in [2.24, 2.45) is 0 Å². The molecule has 2 amide bonds. The van der Waals surface area contributed by atoms with Crippen molar-refractivity contribution in [3.05, 3.63) is 82.8 Å². The largest absolute Gasteiger partial charge is 0.493 e. The summed E-state index contributed by atoms with van der Waals surface area (Å²) in [5.74, 6) is -0.254. The lowest BCUT2D eigenvalue weighted by atomic mass is 10.1. The Morgan fingerprint density at radius 1 is 0.927 bits per heavy atom. The number of rotatable bonds is 13. The molecule has 1 N–H and O–H groups in total. The van der Waals surface area contributed by atoms with Gasteiger partial charge in [0.2, 0.25) is 11.8 Å². The number of para-hydroxylation sites is 1. The monoisotopic (exact) mass is 645 g/mol. The van der Waals surface area contributed by atoms with Crippen molar-refractivity contribution in [3.8, 4) is 11.5 Å². The lowest BCUT2D eigenvalue weighted by molar-refractivity contribution is -0.139. The molecule has 0 spiro atoms. The molecule has 41 heavy (non-hydrogen) atoms. The second kappa shape index (κ2) is 14.4. The van der Waals surface area contributed by atoms with E-state index in [0.717, 1.165) is 20.8 Å². The van der Waals surface area contributed by atoms with E-state index in [2.05, 4.69) is 21.2 Å². The summed E-state index contributed by atoms with van der Waals surface area (Å²) in [4.78, 5) is 28.5. The molecule has 0 aliphatic rings. The fraction of sp³-hybridized carbons (Fsp3) is 0.333. The predicted octanol–water partition coefficient (Wildman–Crippen LogP) is 4.99. The summed E-state index contributed by atoms with van der Waals surface area (Å²) in [6.45, 7) is 5.06. The quantitative estimate of drug-likeness (QED) is 0.281. The molecule has 0 aromatic heterocycles. The first-order valence-electron chi connectivity index (χ1n) is 13.2. The van der Waals surface area contributed by atoms with Crippen molar-refractivity contribution in [3.63, 3.8) is 0 Å². The Hall–Kier alpha value is -3.57. The van der Waals surface area contributed by atoms with Crippen LogP contribution in [0.15, 0.2) is 82.2 Å². The lowest BCUT2D eigenvalue weighted by Gasteiger charge is -2.32. The van der Waals surface area contributed by atoms with Crippen LogP contribution in [0.3, 0.4) is 0 Å². The van der Waals surface area contributed by atoms with Crippen LogP contribution in [0, 0.1) is 0 Å². The molecule has 0 bridgehead atoms. The Kier molecular flexibility index (Phi) is 11.2. The first-order chi connectivity index (χ1) is 19.5. The highest BCUT2D eigenvalue weighted by Gasteiger charge is 2.33. The van der Waals surface area contributed by atoms with E-state index < -0.39 is 28.5 Å². The van der Waals surface area contributed by atoms with Crippen LogP contribution >= 0.6 is 15.9 Å². The number of carbonyl (C=O) groups excluding carboxylic acids is 2. The van der Waals surface area contributed by atoms with Gasteiger partial charge in [0.25, 0.3) is 10.0 Å². The minimum absolute atomic E-state index is 0.0760. The SMILES string of the molecule is CC[C@H](C)NC(=O)[C@@H](C)N(Cc1cccc(Br)c1)C(=O)CN(c1ccccc1)S(=O)(=O)c1ccc(OC)c(OC)c1. The average molecular weight is 647 g/mol. The van der Waals surface area contributed by atoms with Gasteiger partial charge in [-0.2, -0.15) is 0 Å². The molecule has 3 aromatic rings. The molecule has 0 saturated carbocycles. The zero-order chi connectivity index (χ0) is 30.2. The second-order valence-electron chi connectivity index (χ2n) is 9.51. The van der Waals surface area contributed by atoms with E-state index in [0.29, 0.717) is 11.4 Å². The molecule has 0 heterocycles. The summed E-state index contributed by atoms with van der Waals surface area (Å²) >= 11 is 3.45. The minimum Gasteiger partial charge on any atom is -0.493 e. The van der Waals surface area contributed by atoms with E-state index in [9.17, 15) is 18.0 Å². The van der Waals surface area contributed by atoms with Crippen molar-refractivity contribution in [1.82, 2.24) is 10.2 Å². The van der Waals surface area contributed by atoms with Gasteiger partial charge < -0.3 is 19.7 Å². The number of nitrogens with one attached hydrogen (secondary N) is 1. The molecular weight excluding hydrogens is 610 g/mol. The van der Waals surface area contributed by atoms with Crippen molar-refractivity contribution in [2.75, 3.05) is 25.1 Å². The topological polar surface area (TPSA) is 105 Å². The number of anilines is 1. The standard InChI is InChI=1S/C30H36BrN3O6S/c1-6-21(2)32-30(36)22(3)33(19-23-11-10-12-24(31)17-23)29(35)20-34(25-13-8-7-9-14-25)41(37,38)26-15-16-27(39-4)28(18-26)40-5/h7-18,21-22H,6,19-20H2,1-5H3,(H,32,36)/t21-,22+/m0/s1. The predicted molar refractivity (Wildman–Crippen MR) is 163 cm³/mol. The van der Waals surface area contributed by atoms with Gasteiger partial charge >= 0.3 is 0 Å². The average Bonchev–Trinajstić information content (AvgIpc) is 2.97. The summed E-state index contributed by atoms with van der Waals surface area (Å²) in [6, 6.07) is 19.1. The first kappa shape index (κ1) is 32.0. The number of halogens is 1. The molecular formula is C30H36BrN3O6S. The summed E-state index contributed by atoms with van der Waals surface area (Å²) in [5.41, 5.74) is 1.08. The summed E-state index contributed by atoms with van der Waals surface area (Å²) in [6.07, 6.45) is 0.726. The van der Waals surface area contributed by atoms with Gasteiger partial charge in [-0.05, 0) is 62.2 Å². The number of hydrogen-bond donors (Lipinski definition) is 1. The van der Waals surface area contributed by atoms with Gasteiger partial charge in [-0.3, -0.25) is 13.9 Å². The number of sulfonamides is 1. The number of nitrogens with zero attached hydrogens (tertiary/aromatic N) is 2. The first-order valence-corrected chi connectivity index (χ1v) is 15.4. The molecule has 3 aromatic carbocycles. The summed E-state index contributed by atoms with van der Waals surface area (Å²) < 4.78 is 40.5. The summed E-state index contributed by atoms with van der Waals surface area (Å²) in [5, 5.41) is 2.93. The fourth-order valence-corrected chi connectivity index (χ4v) is 5.98. The third kappa shape index (κ3) is 8.01. The highest BCUT2D eigenvalue weighted by Crippen LogP contribution is 2.32. The molecule has 0 fully saturated rings. The number of carbonyl (C=O) groups is 2. The van der Waals surface area contributed by atoms with Gasteiger partial charge in [0.05, 0.1) is 24.8 Å². The smallest absolute Gasteiger partial charge is 0.264 e. The van der Waals surface area contributed by atoms with E-state index in [1.807, 2.05) is 38.1 Å². The van der Waals surface area contributed by atoms with E-state index in [4.69, 9.17) is 9.47 Å². The van der Waals surface area contributed by atoms with Crippen LogP contribution in [0.2, 0.25) is 0 Å². The van der Waals surface area contributed by atoms with Gasteiger partial charge in [0, 0.05) is 23.1 Å². The van der Waals surface area contributed by atoms with Crippen LogP contribution in [0.5, 0.6) is 11.5 Å². The molecule has 3 rings (SSSR count). The molecule has 220 valence electrons. The molecule has 0 radical (unpaired) electrons. The molecule has 0 aliphatic carbocycles. The molecule has 0 saturated heterocycles. The van der Waals surface area contributed by atoms with Crippen molar-refractivity contribution >= 4 is 43.5 Å². The third-order valence-electron chi connectivity index (χ3n) is 6.68. The zero-order valence-electron chi connectivity index (χ0n) is 23.8. The maximum atomic E-state index is 14.0. The van der Waals surface area contributed by atoms with Gasteiger partial charge in [0.15, 0.2) is 11.5 Å². The van der Waals surface area contributed by atoms with Crippen molar-refractivity contribution < 1.29 is 27.5 Å². The fourth-order valence-electron chi connectivity index (χ4n) is 4.11. The molecule has 2 atom stereocenters. The van der Waals surface area contributed by atoms with Crippen LogP contribution in [-0.2, 0) is 26.2 Å². The number of methoxy groups -OCH3 is 2. The number of amides is 2. The van der Waals surface area contributed by atoms with Gasteiger partial charge in [0.1, 0.15) is 12.6 Å². The lowest BCUT2D eigenvalue weighted by Crippen LogP contribution is -2.52. The van der Waals surface area contributed by atoms with E-state index >= 15 is 0 Å². The zero-order valence-corrected chi connectivity index (χ0v) is 26.2. The van der Waals surface area contributed by atoms with Gasteiger partial charge in [-0.1, -0.05) is 53.2 Å². The molecule has 9 nitrogen and oxygen atoms in total. The Morgan fingerprint density at radius 2 is 1.61 bits per heavy atom. The van der Waals surface area contributed by atoms with E-state index in [1.165, 1.54) is 37.3 Å². The van der Waals surface area contributed by atoms with Crippen LogP contribution in [0.4, 0.5) is 5.69 Å². The third-order valence-corrected chi connectivity index (χ3v) is 8.94.